The standard InChI is InChI=1S/C20H19F4N3O2S/c1-19(2,3)18-17(12-27(25-18)14-7-5-4-6-8-14)30(28,29)26-13-9-10-16(21)15(11-13)20(22,23)24/h4-12,26H,1-3H3. The molecule has 0 amide bonds. The Balaban J connectivity index is 2.07. The van der Waals surface area contributed by atoms with Crippen LogP contribution >= 0.6 is 0 Å². The van der Waals surface area contributed by atoms with Gasteiger partial charge in [0.05, 0.1) is 23.1 Å². The van der Waals surface area contributed by atoms with Crippen LogP contribution in [0.1, 0.15) is 32.0 Å². The monoisotopic (exact) mass is 441 g/mol. The number of rotatable bonds is 4. The summed E-state index contributed by atoms with van der Waals surface area (Å²) < 4.78 is 82.0. The Morgan fingerprint density at radius 1 is 1.00 bits per heavy atom. The normalized spacial score (nSPS) is 12.8. The fourth-order valence-electron chi connectivity index (χ4n) is 2.80. The van der Waals surface area contributed by atoms with Gasteiger partial charge in [-0.25, -0.2) is 17.5 Å². The maximum Gasteiger partial charge on any atom is 0.419 e. The largest absolute Gasteiger partial charge is 0.419 e. The number of nitrogens with one attached hydrogen (secondary N) is 1. The Labute approximate surface area is 171 Å². The predicted molar refractivity (Wildman–Crippen MR) is 104 cm³/mol. The van der Waals surface area contributed by atoms with Crippen molar-refractivity contribution in [1.82, 2.24) is 9.78 Å². The lowest BCUT2D eigenvalue weighted by molar-refractivity contribution is -0.139. The van der Waals surface area contributed by atoms with E-state index in [0.29, 0.717) is 17.8 Å². The van der Waals surface area contributed by atoms with Gasteiger partial charge in [-0.05, 0) is 30.3 Å². The van der Waals surface area contributed by atoms with Crippen LogP contribution in [0.15, 0.2) is 59.6 Å². The molecule has 1 heterocycles. The summed E-state index contributed by atoms with van der Waals surface area (Å²) in [5.74, 6) is -1.49. The van der Waals surface area contributed by atoms with Crippen molar-refractivity contribution in [2.24, 2.45) is 0 Å². The molecule has 0 unspecified atom stereocenters. The number of sulfonamides is 1. The summed E-state index contributed by atoms with van der Waals surface area (Å²) >= 11 is 0. The van der Waals surface area contributed by atoms with Gasteiger partial charge in [-0.3, -0.25) is 4.72 Å². The summed E-state index contributed by atoms with van der Waals surface area (Å²) in [7, 11) is -4.31. The summed E-state index contributed by atoms with van der Waals surface area (Å²) in [4.78, 5) is -0.184. The molecule has 0 spiro atoms. The molecule has 0 saturated heterocycles. The quantitative estimate of drug-likeness (QED) is 0.571. The van der Waals surface area contributed by atoms with Crippen LogP contribution in [0.2, 0.25) is 0 Å². The second-order valence-electron chi connectivity index (χ2n) is 7.67. The molecule has 3 rings (SSSR count). The number of halogens is 4. The number of para-hydroxylation sites is 1. The highest BCUT2D eigenvalue weighted by molar-refractivity contribution is 7.92. The number of benzene rings is 2. The van der Waals surface area contributed by atoms with Crippen LogP contribution in [0, 0.1) is 5.82 Å². The van der Waals surface area contributed by atoms with Crippen molar-refractivity contribution in [2.75, 3.05) is 4.72 Å². The molecule has 0 aliphatic heterocycles. The molecule has 5 nitrogen and oxygen atoms in total. The van der Waals surface area contributed by atoms with Crippen LogP contribution in [-0.4, -0.2) is 18.2 Å². The summed E-state index contributed by atoms with van der Waals surface area (Å²) in [5.41, 5.74) is -1.79. The molecular formula is C20H19F4N3O2S. The van der Waals surface area contributed by atoms with E-state index in [9.17, 15) is 26.0 Å². The van der Waals surface area contributed by atoms with Gasteiger partial charge in [0.15, 0.2) is 0 Å². The third kappa shape index (κ3) is 4.48. The molecule has 10 heteroatoms. The number of hydrogen-bond acceptors (Lipinski definition) is 3. The molecule has 2 aromatic carbocycles. The van der Waals surface area contributed by atoms with Crippen LogP contribution in [0.3, 0.4) is 0 Å². The lowest BCUT2D eigenvalue weighted by Gasteiger charge is -2.18. The molecule has 0 fully saturated rings. The number of aromatic nitrogens is 2. The molecule has 1 aromatic heterocycles. The molecule has 0 radical (unpaired) electrons. The maximum atomic E-state index is 13.5. The van der Waals surface area contributed by atoms with Gasteiger partial charge in [-0.15, -0.1) is 0 Å². The van der Waals surface area contributed by atoms with E-state index >= 15 is 0 Å². The third-order valence-corrected chi connectivity index (χ3v) is 5.61. The van der Waals surface area contributed by atoms with E-state index in [-0.39, 0.29) is 10.6 Å². The Morgan fingerprint density at radius 2 is 1.63 bits per heavy atom. The molecule has 0 aliphatic rings. The minimum absolute atomic E-state index is 0.184. The smallest absolute Gasteiger partial charge is 0.280 e. The zero-order chi connectivity index (χ0) is 22.3. The number of alkyl halides is 3. The first-order valence-corrected chi connectivity index (χ1v) is 10.3. The average molecular weight is 441 g/mol. The van der Waals surface area contributed by atoms with E-state index < -0.39 is 38.7 Å². The summed E-state index contributed by atoms with van der Waals surface area (Å²) in [6.45, 7) is 5.30. The molecule has 0 aliphatic carbocycles. The van der Waals surface area contributed by atoms with Gasteiger partial charge in [0.25, 0.3) is 10.0 Å². The first kappa shape index (κ1) is 21.8. The molecule has 0 bridgehead atoms. The topological polar surface area (TPSA) is 64.0 Å². The first-order chi connectivity index (χ1) is 13.8. The maximum absolute atomic E-state index is 13.5. The van der Waals surface area contributed by atoms with E-state index in [4.69, 9.17) is 0 Å². The van der Waals surface area contributed by atoms with Crippen molar-refractivity contribution < 1.29 is 26.0 Å². The van der Waals surface area contributed by atoms with E-state index in [2.05, 4.69) is 9.82 Å². The zero-order valence-corrected chi connectivity index (χ0v) is 17.1. The van der Waals surface area contributed by atoms with Crippen LogP contribution in [0.5, 0.6) is 0 Å². The van der Waals surface area contributed by atoms with E-state index in [0.717, 1.165) is 6.07 Å². The number of anilines is 1. The molecule has 3 aromatic rings. The Hall–Kier alpha value is -2.88. The highest BCUT2D eigenvalue weighted by Gasteiger charge is 2.35. The Bertz CT molecular complexity index is 1160. The van der Waals surface area contributed by atoms with Crippen molar-refractivity contribution in [3.8, 4) is 5.69 Å². The number of nitrogens with zero attached hydrogens (tertiary/aromatic N) is 2. The average Bonchev–Trinajstić information content (AvgIpc) is 3.10. The minimum atomic E-state index is -4.96. The molecule has 30 heavy (non-hydrogen) atoms. The van der Waals surface area contributed by atoms with Crippen molar-refractivity contribution >= 4 is 15.7 Å². The molecule has 0 saturated carbocycles. The van der Waals surface area contributed by atoms with Gasteiger partial charge in [0, 0.05) is 11.1 Å². The van der Waals surface area contributed by atoms with Crippen LogP contribution in [0.4, 0.5) is 23.2 Å². The van der Waals surface area contributed by atoms with Crippen LogP contribution < -0.4 is 4.72 Å². The Kier molecular flexibility index (Phi) is 5.40. The van der Waals surface area contributed by atoms with Gasteiger partial charge in [0.2, 0.25) is 0 Å². The lowest BCUT2D eigenvalue weighted by Crippen LogP contribution is -2.20. The second-order valence-corrected chi connectivity index (χ2v) is 9.32. The van der Waals surface area contributed by atoms with Crippen molar-refractivity contribution in [3.63, 3.8) is 0 Å². The van der Waals surface area contributed by atoms with E-state index in [1.54, 1.807) is 51.1 Å². The van der Waals surface area contributed by atoms with Gasteiger partial charge >= 0.3 is 6.18 Å². The van der Waals surface area contributed by atoms with Gasteiger partial charge in [0.1, 0.15) is 10.7 Å². The predicted octanol–water partition coefficient (Wildman–Crippen LogP) is 5.13. The molecule has 0 atom stereocenters. The molecule has 1 N–H and O–H groups in total. The first-order valence-electron chi connectivity index (χ1n) is 8.84. The summed E-state index contributed by atoms with van der Waals surface area (Å²) in [6.07, 6.45) is -3.66. The molecule has 160 valence electrons. The molecular weight excluding hydrogens is 422 g/mol. The van der Waals surface area contributed by atoms with Gasteiger partial charge in [-0.2, -0.15) is 18.3 Å². The summed E-state index contributed by atoms with van der Waals surface area (Å²) in [6, 6.07) is 10.7. The van der Waals surface area contributed by atoms with Crippen LogP contribution in [0.25, 0.3) is 5.69 Å². The summed E-state index contributed by atoms with van der Waals surface area (Å²) in [5, 5.41) is 4.39. The fourth-order valence-corrected chi connectivity index (χ4v) is 4.19. The van der Waals surface area contributed by atoms with Gasteiger partial charge in [-0.1, -0.05) is 39.0 Å². The van der Waals surface area contributed by atoms with E-state index in [1.807, 2.05) is 0 Å². The van der Waals surface area contributed by atoms with Crippen molar-refractivity contribution in [1.29, 1.82) is 0 Å². The van der Waals surface area contributed by atoms with Gasteiger partial charge < -0.3 is 0 Å². The highest BCUT2D eigenvalue weighted by atomic mass is 32.2. The number of hydrogen-bond donors (Lipinski definition) is 1. The van der Waals surface area contributed by atoms with E-state index in [1.165, 1.54) is 10.9 Å². The SMILES string of the molecule is CC(C)(C)c1nn(-c2ccccc2)cc1S(=O)(=O)Nc1ccc(F)c(C(F)(F)F)c1. The lowest BCUT2D eigenvalue weighted by atomic mass is 9.92. The van der Waals surface area contributed by atoms with Crippen molar-refractivity contribution in [3.05, 3.63) is 71.8 Å². The highest BCUT2D eigenvalue weighted by Crippen LogP contribution is 2.34. The van der Waals surface area contributed by atoms with Crippen LogP contribution in [-0.2, 0) is 21.6 Å². The zero-order valence-electron chi connectivity index (χ0n) is 16.3. The third-order valence-electron chi connectivity index (χ3n) is 4.23. The fraction of sp³-hybridized carbons (Fsp3) is 0.250. The second kappa shape index (κ2) is 7.42. The Morgan fingerprint density at radius 3 is 2.20 bits per heavy atom. The minimum Gasteiger partial charge on any atom is -0.280 e. The van der Waals surface area contributed by atoms with Crippen molar-refractivity contribution in [2.45, 2.75) is 37.3 Å².